The number of β-lactam (4-membered cyclic amide) rings is 1. The van der Waals surface area contributed by atoms with Crippen molar-refractivity contribution in [1.82, 2.24) is 0 Å². The summed E-state index contributed by atoms with van der Waals surface area (Å²) in [5.74, 6) is 0.636. The first-order chi connectivity index (χ1) is 17.5. The predicted octanol–water partition coefficient (Wildman–Crippen LogP) is 6.42. The van der Waals surface area contributed by atoms with Crippen LogP contribution in [0, 0.1) is 12.8 Å². The lowest BCUT2D eigenvalue weighted by molar-refractivity contribution is -0.131. The van der Waals surface area contributed by atoms with E-state index in [1.54, 1.807) is 7.11 Å². The number of hydrogen-bond donors (Lipinski definition) is 1. The molecule has 0 aromatic heterocycles. The van der Waals surface area contributed by atoms with E-state index in [-0.39, 0.29) is 17.9 Å². The van der Waals surface area contributed by atoms with Gasteiger partial charge >= 0.3 is 0 Å². The van der Waals surface area contributed by atoms with Crippen LogP contribution in [0.2, 0.25) is 0 Å². The van der Waals surface area contributed by atoms with Crippen molar-refractivity contribution in [3.63, 3.8) is 0 Å². The molecule has 1 heterocycles. The molecule has 1 amide bonds. The van der Waals surface area contributed by atoms with E-state index in [4.69, 9.17) is 4.74 Å². The lowest BCUT2D eigenvalue weighted by Crippen LogP contribution is -2.55. The Labute approximate surface area is 212 Å². The lowest BCUT2D eigenvalue weighted by Gasteiger charge is -2.49. The molecule has 1 N–H and O–H groups in total. The summed E-state index contributed by atoms with van der Waals surface area (Å²) in [4.78, 5) is 15.5. The third-order valence-electron chi connectivity index (χ3n) is 7.37. The standard InChI is InChI=1S/C32H31NO3/c1-23-11-9-10-16-29(23)33-30(24-17-19-27(36-2)20-18-24)28(31(33)34)21-22-32(35,25-12-5-3-6-13-25)26-14-7-4-8-15-26/h3-20,28,30,35H,21-22H2,1-2H3/t28-,30-/m1/s1. The van der Waals surface area contributed by atoms with Gasteiger partial charge in [0.15, 0.2) is 0 Å². The van der Waals surface area contributed by atoms with Gasteiger partial charge in [0.05, 0.1) is 19.1 Å². The molecule has 182 valence electrons. The Morgan fingerprint density at radius 1 is 0.806 bits per heavy atom. The molecule has 0 unspecified atom stereocenters. The molecule has 0 saturated carbocycles. The summed E-state index contributed by atoms with van der Waals surface area (Å²) >= 11 is 0. The molecule has 4 heteroatoms. The molecule has 2 atom stereocenters. The zero-order chi connectivity index (χ0) is 25.1. The topological polar surface area (TPSA) is 49.8 Å². The van der Waals surface area contributed by atoms with Crippen molar-refractivity contribution in [2.24, 2.45) is 5.92 Å². The molecular formula is C32H31NO3. The van der Waals surface area contributed by atoms with Gasteiger partial charge in [-0.05, 0) is 60.2 Å². The van der Waals surface area contributed by atoms with Crippen molar-refractivity contribution in [2.45, 2.75) is 31.4 Å². The summed E-state index contributed by atoms with van der Waals surface area (Å²) in [5, 5.41) is 12.0. The van der Waals surface area contributed by atoms with E-state index >= 15 is 0 Å². The van der Waals surface area contributed by atoms with Gasteiger partial charge in [-0.25, -0.2) is 0 Å². The van der Waals surface area contributed by atoms with Crippen molar-refractivity contribution < 1.29 is 14.6 Å². The van der Waals surface area contributed by atoms with Crippen molar-refractivity contribution >= 4 is 11.6 Å². The maximum absolute atomic E-state index is 13.6. The number of aryl methyl sites for hydroxylation is 1. The number of para-hydroxylation sites is 1. The van der Waals surface area contributed by atoms with Crippen molar-refractivity contribution in [2.75, 3.05) is 12.0 Å². The monoisotopic (exact) mass is 477 g/mol. The highest BCUT2D eigenvalue weighted by atomic mass is 16.5. The average molecular weight is 478 g/mol. The second kappa shape index (κ2) is 10.00. The van der Waals surface area contributed by atoms with Crippen LogP contribution < -0.4 is 9.64 Å². The van der Waals surface area contributed by atoms with Crippen LogP contribution in [0.4, 0.5) is 5.69 Å². The molecule has 5 rings (SSSR count). The van der Waals surface area contributed by atoms with E-state index in [0.29, 0.717) is 12.8 Å². The summed E-state index contributed by atoms with van der Waals surface area (Å²) in [6.07, 6.45) is 0.990. The first-order valence-corrected chi connectivity index (χ1v) is 12.4. The number of aliphatic hydroxyl groups is 1. The Hall–Kier alpha value is -3.89. The SMILES string of the molecule is COc1ccc([C@@H]2[C@@H](CCC(O)(c3ccccc3)c3ccccc3)C(=O)N2c2ccccc2C)cc1. The maximum atomic E-state index is 13.6. The number of nitrogens with zero attached hydrogens (tertiary/aromatic N) is 1. The van der Waals surface area contributed by atoms with Crippen LogP contribution in [0.5, 0.6) is 5.75 Å². The molecule has 0 radical (unpaired) electrons. The van der Waals surface area contributed by atoms with E-state index in [1.165, 1.54) is 0 Å². The van der Waals surface area contributed by atoms with E-state index in [0.717, 1.165) is 33.7 Å². The smallest absolute Gasteiger partial charge is 0.233 e. The normalized spacial score (nSPS) is 17.5. The van der Waals surface area contributed by atoms with Crippen molar-refractivity contribution in [1.29, 1.82) is 0 Å². The largest absolute Gasteiger partial charge is 0.497 e. The van der Waals surface area contributed by atoms with Crippen LogP contribution in [-0.4, -0.2) is 18.1 Å². The maximum Gasteiger partial charge on any atom is 0.233 e. The molecule has 36 heavy (non-hydrogen) atoms. The van der Waals surface area contributed by atoms with Gasteiger partial charge in [0.2, 0.25) is 5.91 Å². The fourth-order valence-electron chi connectivity index (χ4n) is 5.36. The molecule has 4 nitrogen and oxygen atoms in total. The number of benzene rings is 4. The summed E-state index contributed by atoms with van der Waals surface area (Å²) in [6, 6.07) is 35.3. The Kier molecular flexibility index (Phi) is 6.62. The molecule has 4 aromatic rings. The molecule has 1 aliphatic heterocycles. The van der Waals surface area contributed by atoms with Gasteiger partial charge in [-0.1, -0.05) is 91.0 Å². The summed E-state index contributed by atoms with van der Waals surface area (Å²) in [7, 11) is 1.65. The van der Waals surface area contributed by atoms with Crippen LogP contribution in [0.15, 0.2) is 109 Å². The zero-order valence-corrected chi connectivity index (χ0v) is 20.7. The van der Waals surface area contributed by atoms with Gasteiger partial charge < -0.3 is 14.7 Å². The first-order valence-electron chi connectivity index (χ1n) is 12.4. The minimum atomic E-state index is -1.18. The third-order valence-corrected chi connectivity index (χ3v) is 7.37. The molecular weight excluding hydrogens is 446 g/mol. The molecule has 0 aliphatic carbocycles. The van der Waals surface area contributed by atoms with Gasteiger partial charge in [-0.3, -0.25) is 4.79 Å². The number of hydrogen-bond acceptors (Lipinski definition) is 3. The van der Waals surface area contributed by atoms with E-state index < -0.39 is 5.60 Å². The number of rotatable bonds is 8. The number of ether oxygens (including phenoxy) is 1. The summed E-state index contributed by atoms with van der Waals surface area (Å²) in [6.45, 7) is 2.03. The summed E-state index contributed by atoms with van der Waals surface area (Å²) < 4.78 is 5.36. The second-order valence-electron chi connectivity index (χ2n) is 9.45. The quantitative estimate of drug-likeness (QED) is 0.298. The summed E-state index contributed by atoms with van der Waals surface area (Å²) in [5.41, 5.74) is 3.54. The van der Waals surface area contributed by atoms with E-state index in [9.17, 15) is 9.90 Å². The third kappa shape index (κ3) is 4.29. The van der Waals surface area contributed by atoms with Crippen LogP contribution in [0.1, 0.15) is 41.1 Å². The number of amides is 1. The number of anilines is 1. The molecule has 0 spiro atoms. The first kappa shape index (κ1) is 23.8. The molecule has 1 aliphatic rings. The highest BCUT2D eigenvalue weighted by Gasteiger charge is 2.49. The Balaban J connectivity index is 1.48. The zero-order valence-electron chi connectivity index (χ0n) is 20.7. The second-order valence-corrected chi connectivity index (χ2v) is 9.45. The minimum absolute atomic E-state index is 0.0913. The van der Waals surface area contributed by atoms with Gasteiger partial charge in [0, 0.05) is 5.69 Å². The number of carbonyl (C=O) groups excluding carboxylic acids is 1. The van der Waals surface area contributed by atoms with Crippen LogP contribution in [0.25, 0.3) is 0 Å². The Morgan fingerprint density at radius 2 is 1.36 bits per heavy atom. The minimum Gasteiger partial charge on any atom is -0.497 e. The Morgan fingerprint density at radius 3 is 1.92 bits per heavy atom. The fourth-order valence-corrected chi connectivity index (χ4v) is 5.36. The molecule has 0 bridgehead atoms. The number of carbonyl (C=O) groups is 1. The molecule has 1 saturated heterocycles. The van der Waals surface area contributed by atoms with Crippen molar-refractivity contribution in [3.05, 3.63) is 131 Å². The van der Waals surface area contributed by atoms with Gasteiger partial charge in [-0.2, -0.15) is 0 Å². The van der Waals surface area contributed by atoms with E-state index in [1.807, 2.05) is 121 Å². The lowest BCUT2D eigenvalue weighted by atomic mass is 9.74. The van der Waals surface area contributed by atoms with Crippen LogP contribution >= 0.6 is 0 Å². The molecule has 1 fully saturated rings. The van der Waals surface area contributed by atoms with Gasteiger partial charge in [0.25, 0.3) is 0 Å². The fraction of sp³-hybridized carbons (Fsp3) is 0.219. The van der Waals surface area contributed by atoms with Gasteiger partial charge in [-0.15, -0.1) is 0 Å². The molecule has 4 aromatic carbocycles. The Bertz CT molecular complexity index is 1280. The number of methoxy groups -OCH3 is 1. The van der Waals surface area contributed by atoms with Crippen LogP contribution in [-0.2, 0) is 10.4 Å². The average Bonchev–Trinajstić information content (AvgIpc) is 2.93. The van der Waals surface area contributed by atoms with Crippen molar-refractivity contribution in [3.8, 4) is 5.75 Å². The predicted molar refractivity (Wildman–Crippen MR) is 143 cm³/mol. The van der Waals surface area contributed by atoms with E-state index in [2.05, 4.69) is 0 Å². The highest BCUT2D eigenvalue weighted by Crippen LogP contribution is 2.48. The van der Waals surface area contributed by atoms with Gasteiger partial charge in [0.1, 0.15) is 11.4 Å². The highest BCUT2D eigenvalue weighted by molar-refractivity contribution is 6.03. The van der Waals surface area contributed by atoms with Crippen LogP contribution in [0.3, 0.4) is 0 Å².